The Labute approximate surface area is 149 Å². The molecule has 1 aromatic carbocycles. The number of aromatic nitrogens is 2. The lowest BCUT2D eigenvalue weighted by Crippen LogP contribution is -2.30. The van der Waals surface area contributed by atoms with Crippen molar-refractivity contribution in [1.82, 2.24) is 9.97 Å². The standard InChI is InChI=1S/C16H17ClN4O4/c1-3-25-15(22)11(2)10-20(12-7-5-4-6-8-12)14-13(21(23)24)9-18-16(17)19-14/h4-9,11H,3,10H2,1-2H3. The molecule has 132 valence electrons. The average molecular weight is 365 g/mol. The summed E-state index contributed by atoms with van der Waals surface area (Å²) in [7, 11) is 0. The molecule has 0 amide bonds. The maximum atomic E-state index is 12.0. The molecule has 0 bridgehead atoms. The molecule has 1 aromatic heterocycles. The van der Waals surface area contributed by atoms with Gasteiger partial charge in [-0.15, -0.1) is 0 Å². The molecule has 8 nitrogen and oxygen atoms in total. The number of halogens is 1. The predicted molar refractivity (Wildman–Crippen MR) is 92.9 cm³/mol. The van der Waals surface area contributed by atoms with E-state index in [1.54, 1.807) is 43.0 Å². The third kappa shape index (κ3) is 4.63. The normalized spacial score (nSPS) is 11.6. The topological polar surface area (TPSA) is 98.5 Å². The zero-order chi connectivity index (χ0) is 18.4. The number of esters is 1. The SMILES string of the molecule is CCOC(=O)C(C)CN(c1ccccc1)c1nc(Cl)ncc1[N+](=O)[O-]. The van der Waals surface area contributed by atoms with E-state index in [4.69, 9.17) is 16.3 Å². The molecule has 0 saturated carbocycles. The Morgan fingerprint density at radius 3 is 2.68 bits per heavy atom. The van der Waals surface area contributed by atoms with Gasteiger partial charge in [-0.1, -0.05) is 25.1 Å². The van der Waals surface area contributed by atoms with E-state index in [0.29, 0.717) is 5.69 Å². The van der Waals surface area contributed by atoms with Gasteiger partial charge in [0.2, 0.25) is 11.1 Å². The van der Waals surface area contributed by atoms with Crippen LogP contribution in [0.25, 0.3) is 0 Å². The summed E-state index contributed by atoms with van der Waals surface area (Å²) in [5.41, 5.74) is 0.334. The van der Waals surface area contributed by atoms with Crippen molar-refractivity contribution >= 4 is 34.8 Å². The highest BCUT2D eigenvalue weighted by Gasteiger charge is 2.27. The van der Waals surface area contributed by atoms with Gasteiger partial charge in [0.15, 0.2) is 0 Å². The molecule has 0 radical (unpaired) electrons. The number of anilines is 2. The zero-order valence-electron chi connectivity index (χ0n) is 13.8. The van der Waals surface area contributed by atoms with Crippen molar-refractivity contribution in [3.05, 3.63) is 51.9 Å². The number of carbonyl (C=O) groups excluding carboxylic acids is 1. The second-order valence-corrected chi connectivity index (χ2v) is 5.54. The Morgan fingerprint density at radius 2 is 2.08 bits per heavy atom. The number of ether oxygens (including phenoxy) is 1. The van der Waals surface area contributed by atoms with E-state index < -0.39 is 16.8 Å². The maximum Gasteiger partial charge on any atom is 0.330 e. The molecule has 0 saturated heterocycles. The van der Waals surface area contributed by atoms with Crippen LogP contribution >= 0.6 is 11.6 Å². The van der Waals surface area contributed by atoms with Gasteiger partial charge in [-0.3, -0.25) is 14.9 Å². The minimum atomic E-state index is -0.587. The summed E-state index contributed by atoms with van der Waals surface area (Å²) >= 11 is 5.84. The van der Waals surface area contributed by atoms with Crippen molar-refractivity contribution in [2.75, 3.05) is 18.1 Å². The fourth-order valence-corrected chi connectivity index (χ4v) is 2.36. The number of para-hydroxylation sites is 1. The van der Waals surface area contributed by atoms with Crippen LogP contribution in [0.1, 0.15) is 13.8 Å². The molecule has 2 rings (SSSR count). The number of rotatable bonds is 7. The van der Waals surface area contributed by atoms with Crippen LogP contribution in [-0.4, -0.2) is 34.0 Å². The van der Waals surface area contributed by atoms with Crippen molar-refractivity contribution in [2.24, 2.45) is 5.92 Å². The van der Waals surface area contributed by atoms with Crippen molar-refractivity contribution < 1.29 is 14.5 Å². The van der Waals surface area contributed by atoms with E-state index in [9.17, 15) is 14.9 Å². The fourth-order valence-electron chi connectivity index (χ4n) is 2.23. The first-order chi connectivity index (χ1) is 11.9. The van der Waals surface area contributed by atoms with E-state index in [1.807, 2.05) is 6.07 Å². The molecule has 0 aliphatic rings. The third-order valence-electron chi connectivity index (χ3n) is 3.39. The van der Waals surface area contributed by atoms with Gasteiger partial charge in [0.25, 0.3) is 0 Å². The van der Waals surface area contributed by atoms with Gasteiger partial charge >= 0.3 is 11.7 Å². The van der Waals surface area contributed by atoms with Crippen molar-refractivity contribution in [2.45, 2.75) is 13.8 Å². The Balaban J connectivity index is 2.48. The van der Waals surface area contributed by atoms with Crippen LogP contribution in [0.2, 0.25) is 5.28 Å². The monoisotopic (exact) mass is 364 g/mol. The molecule has 0 aliphatic heterocycles. The van der Waals surface area contributed by atoms with E-state index in [0.717, 1.165) is 6.20 Å². The number of nitro groups is 1. The van der Waals surface area contributed by atoms with Gasteiger partial charge in [-0.2, -0.15) is 4.98 Å². The largest absolute Gasteiger partial charge is 0.466 e. The van der Waals surface area contributed by atoms with Gasteiger partial charge in [0.1, 0.15) is 6.20 Å². The van der Waals surface area contributed by atoms with Crippen LogP contribution in [0.5, 0.6) is 0 Å². The van der Waals surface area contributed by atoms with Gasteiger partial charge < -0.3 is 9.64 Å². The van der Waals surface area contributed by atoms with Crippen LogP contribution in [-0.2, 0) is 9.53 Å². The van der Waals surface area contributed by atoms with Gasteiger partial charge in [-0.25, -0.2) is 4.98 Å². The molecule has 0 spiro atoms. The molecule has 0 aliphatic carbocycles. The number of carbonyl (C=O) groups is 1. The van der Waals surface area contributed by atoms with E-state index >= 15 is 0 Å². The van der Waals surface area contributed by atoms with Crippen LogP contribution in [0, 0.1) is 16.0 Å². The van der Waals surface area contributed by atoms with Crippen LogP contribution in [0.15, 0.2) is 36.5 Å². The van der Waals surface area contributed by atoms with Crippen molar-refractivity contribution in [3.63, 3.8) is 0 Å². The number of hydrogen-bond acceptors (Lipinski definition) is 7. The molecular formula is C16H17ClN4O4. The quantitative estimate of drug-likeness (QED) is 0.321. The summed E-state index contributed by atoms with van der Waals surface area (Å²) in [4.78, 5) is 32.0. The lowest BCUT2D eigenvalue weighted by atomic mass is 10.1. The Hall–Kier alpha value is -2.74. The number of nitrogens with zero attached hydrogens (tertiary/aromatic N) is 4. The Kier molecular flexibility index (Phi) is 6.24. The van der Waals surface area contributed by atoms with Gasteiger partial charge in [0, 0.05) is 12.2 Å². The summed E-state index contributed by atoms with van der Waals surface area (Å²) in [6, 6.07) is 8.91. The highest BCUT2D eigenvalue weighted by molar-refractivity contribution is 6.28. The molecular weight excluding hydrogens is 348 g/mol. The van der Waals surface area contributed by atoms with Crippen molar-refractivity contribution in [1.29, 1.82) is 0 Å². The van der Waals surface area contributed by atoms with Crippen molar-refractivity contribution in [3.8, 4) is 0 Å². The first-order valence-electron chi connectivity index (χ1n) is 7.60. The first kappa shape index (κ1) is 18.6. The van der Waals surface area contributed by atoms with Crippen LogP contribution < -0.4 is 4.90 Å². The summed E-state index contributed by atoms with van der Waals surface area (Å²) in [6.07, 6.45) is 1.05. The van der Waals surface area contributed by atoms with Crippen LogP contribution in [0.4, 0.5) is 17.2 Å². The lowest BCUT2D eigenvalue weighted by molar-refractivity contribution is -0.384. The highest BCUT2D eigenvalue weighted by atomic mass is 35.5. The molecule has 1 atom stereocenters. The lowest BCUT2D eigenvalue weighted by Gasteiger charge is -2.25. The highest BCUT2D eigenvalue weighted by Crippen LogP contribution is 2.32. The molecule has 25 heavy (non-hydrogen) atoms. The average Bonchev–Trinajstić information content (AvgIpc) is 2.60. The maximum absolute atomic E-state index is 12.0. The molecule has 0 N–H and O–H groups in total. The molecule has 2 aromatic rings. The van der Waals surface area contributed by atoms with Gasteiger partial charge in [0.05, 0.1) is 17.4 Å². The second kappa shape index (κ2) is 8.39. The summed E-state index contributed by atoms with van der Waals surface area (Å²) < 4.78 is 5.02. The number of benzene rings is 1. The van der Waals surface area contributed by atoms with E-state index in [2.05, 4.69) is 9.97 Å². The Bertz CT molecular complexity index is 757. The predicted octanol–water partition coefficient (Wildman–Crippen LogP) is 3.38. The van der Waals surface area contributed by atoms with E-state index in [1.165, 1.54) is 0 Å². The zero-order valence-corrected chi connectivity index (χ0v) is 14.5. The van der Waals surface area contributed by atoms with Gasteiger partial charge in [-0.05, 0) is 30.7 Å². The first-order valence-corrected chi connectivity index (χ1v) is 7.98. The molecule has 0 fully saturated rings. The van der Waals surface area contributed by atoms with Crippen LogP contribution in [0.3, 0.4) is 0 Å². The summed E-state index contributed by atoms with van der Waals surface area (Å²) in [6.45, 7) is 3.79. The fraction of sp³-hybridized carbons (Fsp3) is 0.312. The third-order valence-corrected chi connectivity index (χ3v) is 3.57. The number of hydrogen-bond donors (Lipinski definition) is 0. The second-order valence-electron chi connectivity index (χ2n) is 5.20. The Morgan fingerprint density at radius 1 is 1.40 bits per heavy atom. The summed E-state index contributed by atoms with van der Waals surface area (Å²) in [5, 5.41) is 11.2. The molecule has 1 unspecified atom stereocenters. The molecule has 9 heteroatoms. The minimum absolute atomic E-state index is 0.0207. The van der Waals surface area contributed by atoms with E-state index in [-0.39, 0.29) is 29.9 Å². The smallest absolute Gasteiger partial charge is 0.330 e. The summed E-state index contributed by atoms with van der Waals surface area (Å²) in [5.74, 6) is -0.910. The molecule has 1 heterocycles. The minimum Gasteiger partial charge on any atom is -0.466 e.